The summed E-state index contributed by atoms with van der Waals surface area (Å²) in [5.41, 5.74) is 0.169. The van der Waals surface area contributed by atoms with Gasteiger partial charge in [0.25, 0.3) is 0 Å². The highest BCUT2D eigenvalue weighted by Gasteiger charge is 2.19. The van der Waals surface area contributed by atoms with Crippen LogP contribution in [0.25, 0.3) is 22.3 Å². The van der Waals surface area contributed by atoms with Crippen molar-refractivity contribution in [2.45, 2.75) is 13.3 Å². The molecule has 2 aromatic carbocycles. The molecule has 1 aromatic heterocycles. The topological polar surface area (TPSA) is 98.4 Å². The van der Waals surface area contributed by atoms with Gasteiger partial charge in [-0.3, -0.25) is 4.79 Å². The SMILES string of the molecule is CCCOc1c(O)cc2oc(-c3ccc(OC)c(OC)c3)cc(=O)c2c1O. The summed E-state index contributed by atoms with van der Waals surface area (Å²) in [6.07, 6.45) is 0.684. The maximum atomic E-state index is 12.6. The molecule has 0 saturated heterocycles. The molecule has 3 rings (SSSR count). The first-order valence-electron chi connectivity index (χ1n) is 8.38. The van der Waals surface area contributed by atoms with E-state index in [1.807, 2.05) is 6.92 Å². The molecular weight excluding hydrogens is 352 g/mol. The number of methoxy groups -OCH3 is 2. The van der Waals surface area contributed by atoms with E-state index >= 15 is 0 Å². The van der Waals surface area contributed by atoms with Crippen molar-refractivity contribution in [3.8, 4) is 40.1 Å². The summed E-state index contributed by atoms with van der Waals surface area (Å²) < 4.78 is 21.6. The fourth-order valence-corrected chi connectivity index (χ4v) is 2.75. The van der Waals surface area contributed by atoms with Gasteiger partial charge in [-0.1, -0.05) is 6.92 Å². The third-order valence-electron chi connectivity index (χ3n) is 4.05. The quantitative estimate of drug-likeness (QED) is 0.681. The molecule has 0 bridgehead atoms. The van der Waals surface area contributed by atoms with Crippen LogP contribution in [0.3, 0.4) is 0 Å². The van der Waals surface area contributed by atoms with Crippen molar-refractivity contribution < 1.29 is 28.8 Å². The molecule has 0 fully saturated rings. The molecule has 0 amide bonds. The van der Waals surface area contributed by atoms with Gasteiger partial charge in [0.15, 0.2) is 28.4 Å². The monoisotopic (exact) mass is 372 g/mol. The molecule has 1 heterocycles. The van der Waals surface area contributed by atoms with Crippen LogP contribution in [0.15, 0.2) is 39.5 Å². The Morgan fingerprint density at radius 2 is 1.78 bits per heavy atom. The minimum atomic E-state index is -0.458. The highest BCUT2D eigenvalue weighted by molar-refractivity contribution is 5.89. The number of hydrogen-bond acceptors (Lipinski definition) is 7. The van der Waals surface area contributed by atoms with E-state index in [0.29, 0.717) is 30.1 Å². The van der Waals surface area contributed by atoms with Crippen molar-refractivity contribution in [3.63, 3.8) is 0 Å². The van der Waals surface area contributed by atoms with Crippen LogP contribution in [0.5, 0.6) is 28.7 Å². The Labute approximate surface area is 155 Å². The zero-order valence-corrected chi connectivity index (χ0v) is 15.2. The molecule has 0 aliphatic heterocycles. The van der Waals surface area contributed by atoms with Crippen LogP contribution in [-0.4, -0.2) is 31.0 Å². The molecule has 0 aliphatic carbocycles. The van der Waals surface area contributed by atoms with Gasteiger partial charge in [0.1, 0.15) is 16.7 Å². The Bertz CT molecular complexity index is 1040. The third kappa shape index (κ3) is 3.36. The minimum Gasteiger partial charge on any atom is -0.504 e. The average Bonchev–Trinajstić information content (AvgIpc) is 2.66. The maximum Gasteiger partial charge on any atom is 0.204 e. The zero-order valence-electron chi connectivity index (χ0n) is 15.2. The highest BCUT2D eigenvalue weighted by atomic mass is 16.5. The summed E-state index contributed by atoms with van der Waals surface area (Å²) in [5, 5.41) is 20.5. The normalized spacial score (nSPS) is 10.8. The summed E-state index contributed by atoms with van der Waals surface area (Å²) in [4.78, 5) is 12.6. The summed E-state index contributed by atoms with van der Waals surface area (Å²) >= 11 is 0. The van der Waals surface area contributed by atoms with Gasteiger partial charge in [0.05, 0.1) is 20.8 Å². The fraction of sp³-hybridized carbons (Fsp3) is 0.250. The van der Waals surface area contributed by atoms with E-state index in [0.717, 1.165) is 0 Å². The summed E-state index contributed by atoms with van der Waals surface area (Å²) in [7, 11) is 3.03. The molecule has 27 heavy (non-hydrogen) atoms. The molecule has 0 aliphatic rings. The Kier molecular flexibility index (Phi) is 5.12. The van der Waals surface area contributed by atoms with Crippen LogP contribution < -0.4 is 19.6 Å². The van der Waals surface area contributed by atoms with Gasteiger partial charge in [-0.25, -0.2) is 0 Å². The first-order chi connectivity index (χ1) is 13.0. The van der Waals surface area contributed by atoms with E-state index in [1.54, 1.807) is 18.2 Å². The smallest absolute Gasteiger partial charge is 0.204 e. The van der Waals surface area contributed by atoms with E-state index in [1.165, 1.54) is 26.4 Å². The predicted molar refractivity (Wildman–Crippen MR) is 100 cm³/mol. The number of benzene rings is 2. The van der Waals surface area contributed by atoms with E-state index in [2.05, 4.69) is 0 Å². The van der Waals surface area contributed by atoms with Crippen LogP contribution in [0, 0.1) is 0 Å². The second-order valence-corrected chi connectivity index (χ2v) is 5.84. The van der Waals surface area contributed by atoms with Crippen LogP contribution in [0.2, 0.25) is 0 Å². The standard InChI is InChI=1S/C20H20O7/c1-4-7-26-20-13(22)10-17-18(19(20)23)12(21)9-15(27-17)11-5-6-14(24-2)16(8-11)25-3/h5-6,8-10,22-23H,4,7H2,1-3H3. The van der Waals surface area contributed by atoms with Crippen LogP contribution in [0.4, 0.5) is 0 Å². The lowest BCUT2D eigenvalue weighted by atomic mass is 10.1. The lowest BCUT2D eigenvalue weighted by Gasteiger charge is -2.12. The Morgan fingerprint density at radius 3 is 2.44 bits per heavy atom. The average molecular weight is 372 g/mol. The summed E-state index contributed by atoms with van der Waals surface area (Å²) in [5.74, 6) is 0.404. The molecule has 0 radical (unpaired) electrons. The lowest BCUT2D eigenvalue weighted by Crippen LogP contribution is -2.03. The molecule has 7 heteroatoms. The molecule has 2 N–H and O–H groups in total. The van der Waals surface area contributed by atoms with E-state index in [9.17, 15) is 15.0 Å². The van der Waals surface area contributed by atoms with Gasteiger partial charge >= 0.3 is 0 Å². The largest absolute Gasteiger partial charge is 0.504 e. The van der Waals surface area contributed by atoms with Gasteiger partial charge in [-0.05, 0) is 24.6 Å². The molecule has 142 valence electrons. The van der Waals surface area contributed by atoms with Crippen molar-refractivity contribution >= 4 is 11.0 Å². The van der Waals surface area contributed by atoms with E-state index in [4.69, 9.17) is 18.6 Å². The Hall–Kier alpha value is -3.35. The second-order valence-electron chi connectivity index (χ2n) is 5.84. The lowest BCUT2D eigenvalue weighted by molar-refractivity contribution is 0.284. The van der Waals surface area contributed by atoms with Crippen LogP contribution in [0.1, 0.15) is 13.3 Å². The van der Waals surface area contributed by atoms with Gasteiger partial charge in [-0.15, -0.1) is 0 Å². The first kappa shape index (κ1) is 18.4. The number of aromatic hydroxyl groups is 2. The molecule has 0 atom stereocenters. The first-order valence-corrected chi connectivity index (χ1v) is 8.38. The van der Waals surface area contributed by atoms with Crippen LogP contribution in [-0.2, 0) is 0 Å². The highest BCUT2D eigenvalue weighted by Crippen LogP contribution is 2.42. The van der Waals surface area contributed by atoms with Crippen molar-refractivity contribution in [1.82, 2.24) is 0 Å². The van der Waals surface area contributed by atoms with Crippen LogP contribution >= 0.6 is 0 Å². The fourth-order valence-electron chi connectivity index (χ4n) is 2.75. The van der Waals surface area contributed by atoms with Crippen molar-refractivity contribution in [2.75, 3.05) is 20.8 Å². The molecule has 0 spiro atoms. The van der Waals surface area contributed by atoms with Gasteiger partial charge in [-0.2, -0.15) is 0 Å². The van der Waals surface area contributed by atoms with Crippen molar-refractivity contribution in [2.24, 2.45) is 0 Å². The number of phenolic OH excluding ortho intramolecular Hbond substituents is 2. The molecular formula is C20H20O7. The number of hydrogen-bond donors (Lipinski definition) is 2. The zero-order chi connectivity index (χ0) is 19.6. The van der Waals surface area contributed by atoms with E-state index in [-0.39, 0.29) is 28.2 Å². The van der Waals surface area contributed by atoms with Gasteiger partial charge in [0, 0.05) is 17.7 Å². The summed E-state index contributed by atoms with van der Waals surface area (Å²) in [6, 6.07) is 7.59. The number of ether oxygens (including phenoxy) is 3. The molecule has 0 unspecified atom stereocenters. The minimum absolute atomic E-state index is 0.0473. The number of rotatable bonds is 6. The second kappa shape index (κ2) is 7.49. The Morgan fingerprint density at radius 1 is 1.04 bits per heavy atom. The van der Waals surface area contributed by atoms with Gasteiger partial charge in [0.2, 0.25) is 5.75 Å². The molecule has 3 aromatic rings. The third-order valence-corrected chi connectivity index (χ3v) is 4.05. The predicted octanol–water partition coefficient (Wildman–Crippen LogP) is 3.68. The van der Waals surface area contributed by atoms with Crippen molar-refractivity contribution in [3.05, 3.63) is 40.6 Å². The maximum absolute atomic E-state index is 12.6. The van der Waals surface area contributed by atoms with Gasteiger partial charge < -0.3 is 28.8 Å². The van der Waals surface area contributed by atoms with Crippen molar-refractivity contribution in [1.29, 1.82) is 0 Å². The molecule has 0 saturated carbocycles. The summed E-state index contributed by atoms with van der Waals surface area (Å²) in [6.45, 7) is 2.18. The number of fused-ring (bicyclic) bond motifs is 1. The Balaban J connectivity index is 2.17. The molecule has 7 nitrogen and oxygen atoms in total. The number of phenols is 2. The van der Waals surface area contributed by atoms with E-state index < -0.39 is 11.2 Å².